The number of rotatable bonds is 10. The number of halogens is 3. The van der Waals surface area contributed by atoms with Crippen LogP contribution in [0.1, 0.15) is 36.5 Å². The Kier molecular flexibility index (Phi) is 8.93. The minimum absolute atomic E-state index is 0.0491. The third-order valence-electron chi connectivity index (χ3n) is 6.25. The Labute approximate surface area is 229 Å². The summed E-state index contributed by atoms with van der Waals surface area (Å²) in [6.07, 6.45) is -3.90. The number of anilines is 1. The molecule has 0 aliphatic heterocycles. The number of carbonyl (C=O) groups is 2. The highest BCUT2D eigenvalue weighted by atomic mass is 19.4. The first-order chi connectivity index (χ1) is 19.2. The van der Waals surface area contributed by atoms with Crippen molar-refractivity contribution in [2.24, 2.45) is 0 Å². The molecule has 0 fully saturated rings. The van der Waals surface area contributed by atoms with Crippen LogP contribution in [0.15, 0.2) is 78.9 Å². The zero-order valence-electron chi connectivity index (χ0n) is 22.1. The lowest BCUT2D eigenvalue weighted by Crippen LogP contribution is -2.51. The monoisotopic (exact) mass is 550 g/mol. The van der Waals surface area contributed by atoms with Gasteiger partial charge in [-0.1, -0.05) is 79.6 Å². The average Bonchev–Trinajstić information content (AvgIpc) is 3.40. The molecule has 0 spiro atoms. The SMILES string of the molecule is CCC[C@@H](C(=O)NCc1ccccc1)N(C(=O)Cn1nnc(-c2ccc(C)cc2)n1)c1cccc(C(F)(F)F)c1. The van der Waals surface area contributed by atoms with Gasteiger partial charge in [-0.15, -0.1) is 10.2 Å². The molecule has 4 rings (SSSR count). The van der Waals surface area contributed by atoms with E-state index in [4.69, 9.17) is 0 Å². The van der Waals surface area contributed by atoms with Gasteiger partial charge in [0, 0.05) is 17.8 Å². The second-order valence-corrected chi connectivity index (χ2v) is 9.33. The fourth-order valence-corrected chi connectivity index (χ4v) is 4.21. The summed E-state index contributed by atoms with van der Waals surface area (Å²) in [6, 6.07) is 19.9. The van der Waals surface area contributed by atoms with Crippen LogP contribution < -0.4 is 10.2 Å². The summed E-state index contributed by atoms with van der Waals surface area (Å²) in [5.74, 6) is -0.840. The maximum absolute atomic E-state index is 13.7. The fourth-order valence-electron chi connectivity index (χ4n) is 4.21. The lowest BCUT2D eigenvalue weighted by atomic mass is 10.1. The summed E-state index contributed by atoms with van der Waals surface area (Å²) in [4.78, 5) is 29.3. The lowest BCUT2D eigenvalue weighted by Gasteiger charge is -2.31. The van der Waals surface area contributed by atoms with E-state index < -0.39 is 36.1 Å². The number of carbonyl (C=O) groups excluding carboxylic acids is 2. The van der Waals surface area contributed by atoms with Gasteiger partial charge in [0.2, 0.25) is 11.7 Å². The van der Waals surface area contributed by atoms with Crippen LogP contribution in [0, 0.1) is 6.92 Å². The first kappa shape index (κ1) is 28.5. The fraction of sp³-hybridized carbons (Fsp3) is 0.276. The number of tetrazole rings is 1. The van der Waals surface area contributed by atoms with Crippen molar-refractivity contribution >= 4 is 17.5 Å². The van der Waals surface area contributed by atoms with Crippen molar-refractivity contribution in [3.05, 3.63) is 95.6 Å². The second kappa shape index (κ2) is 12.5. The molecule has 0 aliphatic carbocycles. The topological polar surface area (TPSA) is 93.0 Å². The van der Waals surface area contributed by atoms with Crippen LogP contribution in [0.25, 0.3) is 11.4 Å². The Morgan fingerprint density at radius 2 is 1.73 bits per heavy atom. The van der Waals surface area contributed by atoms with E-state index in [1.807, 2.05) is 68.4 Å². The zero-order chi connectivity index (χ0) is 28.7. The highest BCUT2D eigenvalue weighted by molar-refractivity contribution is 6.00. The number of benzene rings is 3. The largest absolute Gasteiger partial charge is 0.416 e. The van der Waals surface area contributed by atoms with E-state index in [9.17, 15) is 22.8 Å². The van der Waals surface area contributed by atoms with Gasteiger partial charge in [-0.25, -0.2) is 0 Å². The summed E-state index contributed by atoms with van der Waals surface area (Å²) in [6.45, 7) is 3.55. The Bertz CT molecular complexity index is 1440. The molecule has 208 valence electrons. The first-order valence-corrected chi connectivity index (χ1v) is 12.8. The molecular formula is C29H29F3N6O2. The zero-order valence-corrected chi connectivity index (χ0v) is 22.1. The normalized spacial score (nSPS) is 12.1. The van der Waals surface area contributed by atoms with Crippen molar-refractivity contribution < 1.29 is 22.8 Å². The van der Waals surface area contributed by atoms with Crippen LogP contribution >= 0.6 is 0 Å². The van der Waals surface area contributed by atoms with Crippen LogP contribution in [0.4, 0.5) is 18.9 Å². The van der Waals surface area contributed by atoms with Crippen LogP contribution in [-0.2, 0) is 28.9 Å². The summed E-state index contributed by atoms with van der Waals surface area (Å²) in [7, 11) is 0. The standard InChI is InChI=1S/C29H29F3N6O2/c1-3-8-25(28(40)33-18-21-9-5-4-6-10-21)38(24-12-7-11-23(17-24)29(30,31)32)26(39)19-37-35-27(34-36-37)22-15-13-20(2)14-16-22/h4-7,9-17,25H,3,8,18-19H2,1-2H3,(H,33,40)/t25-/m0/s1. The van der Waals surface area contributed by atoms with E-state index in [0.29, 0.717) is 17.8 Å². The molecule has 0 bridgehead atoms. The van der Waals surface area contributed by atoms with Crippen molar-refractivity contribution in [2.75, 3.05) is 4.90 Å². The van der Waals surface area contributed by atoms with Crippen molar-refractivity contribution in [3.63, 3.8) is 0 Å². The van der Waals surface area contributed by atoms with E-state index in [1.54, 1.807) is 0 Å². The molecule has 0 saturated heterocycles. The predicted molar refractivity (Wildman–Crippen MR) is 144 cm³/mol. The highest BCUT2D eigenvalue weighted by Gasteiger charge is 2.35. The number of nitrogens with one attached hydrogen (secondary N) is 1. The molecule has 2 amide bonds. The number of nitrogens with zero attached hydrogens (tertiary/aromatic N) is 5. The van der Waals surface area contributed by atoms with Crippen LogP contribution in [0.3, 0.4) is 0 Å². The number of hydrogen-bond donors (Lipinski definition) is 1. The molecule has 4 aromatic rings. The molecule has 0 unspecified atom stereocenters. The van der Waals surface area contributed by atoms with Gasteiger partial charge in [0.15, 0.2) is 0 Å². The van der Waals surface area contributed by atoms with Gasteiger partial charge in [0.25, 0.3) is 5.91 Å². The van der Waals surface area contributed by atoms with Crippen molar-refractivity contribution in [2.45, 2.75) is 52.0 Å². The van der Waals surface area contributed by atoms with Crippen molar-refractivity contribution in [3.8, 4) is 11.4 Å². The Balaban J connectivity index is 1.64. The number of aromatic nitrogens is 4. The van der Waals surface area contributed by atoms with E-state index in [-0.39, 0.29) is 18.7 Å². The van der Waals surface area contributed by atoms with Gasteiger partial charge in [-0.2, -0.15) is 18.0 Å². The average molecular weight is 551 g/mol. The molecule has 8 nitrogen and oxygen atoms in total. The second-order valence-electron chi connectivity index (χ2n) is 9.33. The molecule has 11 heteroatoms. The Hall–Kier alpha value is -4.54. The number of aryl methyl sites for hydroxylation is 1. The molecule has 40 heavy (non-hydrogen) atoms. The molecule has 1 aromatic heterocycles. The van der Waals surface area contributed by atoms with E-state index >= 15 is 0 Å². The third kappa shape index (κ3) is 7.10. The number of hydrogen-bond acceptors (Lipinski definition) is 5. The minimum Gasteiger partial charge on any atom is -0.350 e. The van der Waals surface area contributed by atoms with Gasteiger partial charge < -0.3 is 5.32 Å². The summed E-state index contributed by atoms with van der Waals surface area (Å²) in [5.41, 5.74) is 1.62. The molecular weight excluding hydrogens is 521 g/mol. The summed E-state index contributed by atoms with van der Waals surface area (Å²) < 4.78 is 40.7. The van der Waals surface area contributed by atoms with Crippen LogP contribution in [0.5, 0.6) is 0 Å². The number of alkyl halides is 3. The Morgan fingerprint density at radius 3 is 2.40 bits per heavy atom. The maximum atomic E-state index is 13.7. The van der Waals surface area contributed by atoms with Gasteiger partial charge in [0.1, 0.15) is 12.6 Å². The molecule has 3 aromatic carbocycles. The molecule has 0 aliphatic rings. The van der Waals surface area contributed by atoms with Gasteiger partial charge in [0.05, 0.1) is 5.56 Å². The summed E-state index contributed by atoms with van der Waals surface area (Å²) in [5, 5.41) is 15.1. The molecule has 1 N–H and O–H groups in total. The molecule has 0 saturated carbocycles. The van der Waals surface area contributed by atoms with E-state index in [1.165, 1.54) is 12.1 Å². The lowest BCUT2D eigenvalue weighted by molar-refractivity contribution is -0.137. The van der Waals surface area contributed by atoms with Crippen molar-refractivity contribution in [1.29, 1.82) is 0 Å². The quantitative estimate of drug-likeness (QED) is 0.294. The molecule has 0 radical (unpaired) electrons. The molecule has 1 atom stereocenters. The van der Waals surface area contributed by atoms with Crippen molar-refractivity contribution in [1.82, 2.24) is 25.5 Å². The Morgan fingerprint density at radius 1 is 1.00 bits per heavy atom. The van der Waals surface area contributed by atoms with Crippen LogP contribution in [-0.4, -0.2) is 38.1 Å². The van der Waals surface area contributed by atoms with E-state index in [2.05, 4.69) is 20.7 Å². The minimum atomic E-state index is -4.63. The maximum Gasteiger partial charge on any atom is 0.416 e. The van der Waals surface area contributed by atoms with Gasteiger partial charge in [-0.3, -0.25) is 14.5 Å². The van der Waals surface area contributed by atoms with Crippen LogP contribution in [0.2, 0.25) is 0 Å². The highest BCUT2D eigenvalue weighted by Crippen LogP contribution is 2.32. The van der Waals surface area contributed by atoms with E-state index in [0.717, 1.165) is 33.0 Å². The first-order valence-electron chi connectivity index (χ1n) is 12.8. The van der Waals surface area contributed by atoms with Gasteiger partial charge >= 0.3 is 6.18 Å². The van der Waals surface area contributed by atoms with Gasteiger partial charge in [-0.05, 0) is 42.3 Å². The number of amides is 2. The summed E-state index contributed by atoms with van der Waals surface area (Å²) >= 11 is 0. The smallest absolute Gasteiger partial charge is 0.350 e. The predicted octanol–water partition coefficient (Wildman–Crippen LogP) is 5.19. The third-order valence-corrected chi connectivity index (χ3v) is 6.25. The molecule has 1 heterocycles.